The van der Waals surface area contributed by atoms with Crippen molar-refractivity contribution in [3.63, 3.8) is 0 Å². The van der Waals surface area contributed by atoms with E-state index in [1.54, 1.807) is 36.4 Å². The van der Waals surface area contributed by atoms with Crippen molar-refractivity contribution in [2.24, 2.45) is 7.05 Å². The molecule has 0 fully saturated rings. The number of hydrogen-bond acceptors (Lipinski definition) is 3. The maximum atomic E-state index is 13.9. The van der Waals surface area contributed by atoms with Gasteiger partial charge in [-0.1, -0.05) is 48.0 Å². The molecule has 0 aliphatic heterocycles. The van der Waals surface area contributed by atoms with E-state index < -0.39 is 29.8 Å². The largest absolute Gasteiger partial charge is 0.417 e. The fourth-order valence-electron chi connectivity index (χ4n) is 3.91. The molecule has 2 aromatic carbocycles. The Balaban J connectivity index is 1.86. The Morgan fingerprint density at radius 3 is 2.39 bits per heavy atom. The van der Waals surface area contributed by atoms with E-state index in [9.17, 15) is 22.8 Å². The van der Waals surface area contributed by atoms with Gasteiger partial charge in [-0.25, -0.2) is 0 Å². The first-order valence-electron chi connectivity index (χ1n) is 10.2. The highest BCUT2D eigenvalue weighted by molar-refractivity contribution is 5.96. The van der Waals surface area contributed by atoms with Crippen molar-refractivity contribution < 1.29 is 18.0 Å². The van der Waals surface area contributed by atoms with E-state index in [4.69, 9.17) is 0 Å². The number of halogens is 3. The van der Waals surface area contributed by atoms with E-state index in [0.29, 0.717) is 17.3 Å². The number of nitrogens with zero attached hydrogens (tertiary/aromatic N) is 3. The van der Waals surface area contributed by atoms with Crippen molar-refractivity contribution in [3.05, 3.63) is 81.6 Å². The molecule has 33 heavy (non-hydrogen) atoms. The molecule has 1 N–H and O–H groups in total. The summed E-state index contributed by atoms with van der Waals surface area (Å²) >= 11 is 0. The van der Waals surface area contributed by atoms with Gasteiger partial charge in [0.1, 0.15) is 17.9 Å². The van der Waals surface area contributed by atoms with Crippen LogP contribution in [-0.2, 0) is 24.6 Å². The van der Waals surface area contributed by atoms with Crippen LogP contribution in [0, 0.1) is 13.8 Å². The minimum absolute atomic E-state index is 0.0792. The van der Waals surface area contributed by atoms with Gasteiger partial charge in [-0.05, 0) is 25.5 Å². The molecule has 0 unspecified atom stereocenters. The molecule has 4 aromatic rings. The summed E-state index contributed by atoms with van der Waals surface area (Å²) in [7, 11) is 1.45. The fraction of sp³-hybridized carbons (Fsp3) is 0.208. The zero-order valence-corrected chi connectivity index (χ0v) is 18.2. The highest BCUT2D eigenvalue weighted by atomic mass is 19.4. The minimum atomic E-state index is -4.77. The van der Waals surface area contributed by atoms with Crippen molar-refractivity contribution in [2.45, 2.75) is 26.6 Å². The highest BCUT2D eigenvalue weighted by Gasteiger charge is 2.37. The topological polar surface area (TPSA) is 68.9 Å². The fourth-order valence-corrected chi connectivity index (χ4v) is 3.91. The molecule has 2 aromatic heterocycles. The Morgan fingerprint density at radius 2 is 1.76 bits per heavy atom. The Morgan fingerprint density at radius 1 is 1.06 bits per heavy atom. The van der Waals surface area contributed by atoms with Crippen LogP contribution in [0.3, 0.4) is 0 Å². The van der Waals surface area contributed by atoms with Gasteiger partial charge in [-0.15, -0.1) is 0 Å². The second kappa shape index (κ2) is 8.23. The molecule has 0 aliphatic rings. The first-order valence-corrected chi connectivity index (χ1v) is 10.2. The van der Waals surface area contributed by atoms with Gasteiger partial charge in [0, 0.05) is 24.4 Å². The van der Waals surface area contributed by atoms with Crippen molar-refractivity contribution in [2.75, 3.05) is 5.32 Å². The predicted octanol–water partition coefficient (Wildman–Crippen LogP) is 4.68. The molecule has 0 atom stereocenters. The third-order valence-corrected chi connectivity index (χ3v) is 5.39. The van der Waals surface area contributed by atoms with Crippen LogP contribution in [0.2, 0.25) is 0 Å². The molecule has 170 valence electrons. The van der Waals surface area contributed by atoms with Crippen LogP contribution in [0.15, 0.2) is 59.4 Å². The van der Waals surface area contributed by atoms with Crippen LogP contribution >= 0.6 is 0 Å². The van der Waals surface area contributed by atoms with Crippen molar-refractivity contribution in [3.8, 4) is 11.3 Å². The van der Waals surface area contributed by atoms with Crippen molar-refractivity contribution in [1.82, 2.24) is 14.3 Å². The Hall–Kier alpha value is -3.88. The van der Waals surface area contributed by atoms with E-state index in [1.807, 2.05) is 26.0 Å². The summed E-state index contributed by atoms with van der Waals surface area (Å²) in [6.45, 7) is 3.29. The number of benzene rings is 2. The summed E-state index contributed by atoms with van der Waals surface area (Å²) < 4.78 is 43.9. The zero-order chi connectivity index (χ0) is 23.9. The molecule has 0 spiro atoms. The summed E-state index contributed by atoms with van der Waals surface area (Å²) in [5.41, 5.74) is 0.882. The summed E-state index contributed by atoms with van der Waals surface area (Å²) in [6.07, 6.45) is -4.77. The van der Waals surface area contributed by atoms with E-state index in [-0.39, 0.29) is 16.7 Å². The number of carbonyl (C=O) groups excluding carboxylic acids is 1. The van der Waals surface area contributed by atoms with E-state index in [1.165, 1.54) is 11.7 Å². The molecule has 0 bridgehead atoms. The summed E-state index contributed by atoms with van der Waals surface area (Å²) in [4.78, 5) is 25.5. The van der Waals surface area contributed by atoms with Crippen LogP contribution in [-0.4, -0.2) is 20.3 Å². The number of fused-ring (bicyclic) bond motifs is 1. The van der Waals surface area contributed by atoms with Crippen LogP contribution < -0.4 is 10.9 Å². The third-order valence-electron chi connectivity index (χ3n) is 5.39. The lowest BCUT2D eigenvalue weighted by Gasteiger charge is -2.14. The molecule has 0 saturated heterocycles. The summed E-state index contributed by atoms with van der Waals surface area (Å²) in [5.74, 6) is -0.535. The van der Waals surface area contributed by atoms with Gasteiger partial charge < -0.3 is 5.32 Å². The lowest BCUT2D eigenvalue weighted by molar-refractivity contribution is -0.136. The average molecular weight is 454 g/mol. The molecule has 1 amide bonds. The van der Waals surface area contributed by atoms with Gasteiger partial charge >= 0.3 is 6.18 Å². The van der Waals surface area contributed by atoms with Gasteiger partial charge in [-0.2, -0.15) is 18.3 Å². The molecular weight excluding hydrogens is 433 g/mol. The number of nitrogens with one attached hydrogen (secondary N) is 1. The Kier molecular flexibility index (Phi) is 5.57. The van der Waals surface area contributed by atoms with Crippen LogP contribution in [0.4, 0.5) is 18.9 Å². The minimum Gasteiger partial charge on any atom is -0.324 e. The molecule has 2 heterocycles. The standard InChI is InChI=1S/C24H21F3N4O2/c1-14-9-10-18(15(2)11-14)28-19(32)13-31-20(33)12-17(24(25,26)27)21-22(29-30(3)23(21)31)16-7-5-4-6-8-16/h4-12H,13H2,1-3H3,(H,28,32). The number of hydrogen-bond donors (Lipinski definition) is 1. The van der Waals surface area contributed by atoms with Gasteiger partial charge in [0.15, 0.2) is 0 Å². The molecule has 0 saturated carbocycles. The van der Waals surface area contributed by atoms with Crippen LogP contribution in [0.25, 0.3) is 22.3 Å². The summed E-state index contributed by atoms with van der Waals surface area (Å²) in [6, 6.07) is 14.4. The Labute approximate surface area is 187 Å². The second-order valence-corrected chi connectivity index (χ2v) is 7.88. The molecule has 4 rings (SSSR count). The normalized spacial score (nSPS) is 11.7. The number of aryl methyl sites for hydroxylation is 3. The first-order chi connectivity index (χ1) is 15.6. The predicted molar refractivity (Wildman–Crippen MR) is 120 cm³/mol. The molecular formula is C24H21F3N4O2. The quantitative estimate of drug-likeness (QED) is 0.487. The number of carbonyl (C=O) groups is 1. The Bertz CT molecular complexity index is 1420. The lowest BCUT2D eigenvalue weighted by Crippen LogP contribution is -2.30. The van der Waals surface area contributed by atoms with Crippen LogP contribution in [0.1, 0.15) is 16.7 Å². The van der Waals surface area contributed by atoms with Gasteiger partial charge in [-0.3, -0.25) is 18.8 Å². The third kappa shape index (κ3) is 4.26. The highest BCUT2D eigenvalue weighted by Crippen LogP contribution is 2.38. The number of aromatic nitrogens is 3. The monoisotopic (exact) mass is 454 g/mol. The van der Waals surface area contributed by atoms with Crippen molar-refractivity contribution in [1.29, 1.82) is 0 Å². The molecule has 9 heteroatoms. The van der Waals surface area contributed by atoms with Gasteiger partial charge in [0.25, 0.3) is 5.56 Å². The van der Waals surface area contributed by atoms with E-state index >= 15 is 0 Å². The van der Waals surface area contributed by atoms with E-state index in [2.05, 4.69) is 10.4 Å². The number of rotatable bonds is 4. The second-order valence-electron chi connectivity index (χ2n) is 7.88. The molecule has 6 nitrogen and oxygen atoms in total. The average Bonchev–Trinajstić information content (AvgIpc) is 3.09. The lowest BCUT2D eigenvalue weighted by atomic mass is 10.0. The maximum absolute atomic E-state index is 13.9. The first kappa shape index (κ1) is 22.3. The SMILES string of the molecule is Cc1ccc(NC(=O)Cn2c(=O)cc(C(F)(F)F)c3c(-c4ccccc4)nn(C)c32)c(C)c1. The number of pyridine rings is 1. The maximum Gasteiger partial charge on any atom is 0.417 e. The summed E-state index contributed by atoms with van der Waals surface area (Å²) in [5, 5.41) is 6.78. The van der Waals surface area contributed by atoms with Crippen molar-refractivity contribution >= 4 is 22.6 Å². The molecule has 0 aliphatic carbocycles. The smallest absolute Gasteiger partial charge is 0.324 e. The number of amides is 1. The number of anilines is 1. The van der Waals surface area contributed by atoms with Gasteiger partial charge in [0.05, 0.1) is 10.9 Å². The van der Waals surface area contributed by atoms with Gasteiger partial charge in [0.2, 0.25) is 5.91 Å². The molecule has 0 radical (unpaired) electrons. The number of alkyl halides is 3. The zero-order valence-electron chi connectivity index (χ0n) is 18.2. The van der Waals surface area contributed by atoms with Crippen LogP contribution in [0.5, 0.6) is 0 Å². The van der Waals surface area contributed by atoms with E-state index in [0.717, 1.165) is 15.7 Å².